The van der Waals surface area contributed by atoms with Gasteiger partial charge in [-0.05, 0) is 19.1 Å². The minimum atomic E-state index is -4.96. The van der Waals surface area contributed by atoms with Crippen LogP contribution in [0, 0.1) is 5.82 Å². The molecule has 0 bridgehead atoms. The third kappa shape index (κ3) is 4.40. The van der Waals surface area contributed by atoms with Gasteiger partial charge in [-0.15, -0.1) is 0 Å². The maximum atomic E-state index is 14.6. The van der Waals surface area contributed by atoms with E-state index in [-0.39, 0.29) is 44.5 Å². The molecule has 32 heavy (non-hydrogen) atoms. The van der Waals surface area contributed by atoms with E-state index in [0.717, 1.165) is 19.2 Å². The molecule has 1 aromatic carbocycles. The average molecular weight is 478 g/mol. The summed E-state index contributed by atoms with van der Waals surface area (Å²) in [6.07, 6.45) is -4.89. The van der Waals surface area contributed by atoms with Crippen LogP contribution < -0.4 is 11.2 Å². The van der Waals surface area contributed by atoms with Crippen molar-refractivity contribution in [2.45, 2.75) is 32.0 Å². The van der Waals surface area contributed by atoms with Crippen molar-refractivity contribution in [3.05, 3.63) is 61.1 Å². The van der Waals surface area contributed by atoms with Crippen molar-refractivity contribution in [3.8, 4) is 5.69 Å². The van der Waals surface area contributed by atoms with Gasteiger partial charge in [0.2, 0.25) is 0 Å². The van der Waals surface area contributed by atoms with Crippen molar-refractivity contribution in [1.82, 2.24) is 9.13 Å². The number of alkyl halides is 3. The lowest BCUT2D eigenvalue weighted by Gasteiger charge is -2.20. The van der Waals surface area contributed by atoms with Crippen LogP contribution in [0.1, 0.15) is 31.5 Å². The van der Waals surface area contributed by atoms with Crippen LogP contribution in [0.4, 0.5) is 17.6 Å². The first-order valence-electron chi connectivity index (χ1n) is 9.02. The highest BCUT2D eigenvalue weighted by Crippen LogP contribution is 2.32. The molecule has 0 amide bonds. The molecular weight excluding hydrogens is 462 g/mol. The number of ether oxygens (including phenoxy) is 1. The van der Waals surface area contributed by atoms with Crippen LogP contribution in [0.25, 0.3) is 5.69 Å². The second kappa shape index (κ2) is 8.08. The Labute approximate surface area is 182 Å². The lowest BCUT2D eigenvalue weighted by molar-refractivity contribution is -0.150. The molecule has 0 N–H and O–H groups in total. The number of carbonyl (C=O) groups excluding carboxylic acids is 1. The molecule has 8 nitrogen and oxygen atoms in total. The first-order valence-corrected chi connectivity index (χ1v) is 9.40. The molecule has 1 aliphatic rings. The van der Waals surface area contributed by atoms with Crippen LogP contribution in [-0.2, 0) is 27.6 Å². The fraction of sp³-hybridized carbons (Fsp3) is 0.368. The Bertz CT molecular complexity index is 1250. The van der Waals surface area contributed by atoms with E-state index in [9.17, 15) is 31.9 Å². The normalized spacial score (nSPS) is 18.3. The number of hydrogen-bond acceptors (Lipinski definition) is 6. The molecule has 1 aliphatic heterocycles. The fourth-order valence-electron chi connectivity index (χ4n) is 3.11. The molecule has 0 radical (unpaired) electrons. The molecule has 1 aromatic heterocycles. The van der Waals surface area contributed by atoms with Crippen LogP contribution in [0.15, 0.2) is 32.9 Å². The zero-order chi connectivity index (χ0) is 24.0. The number of hydrogen-bond donors (Lipinski definition) is 0. The van der Waals surface area contributed by atoms with E-state index in [1.54, 1.807) is 6.92 Å². The van der Waals surface area contributed by atoms with Crippen molar-refractivity contribution < 1.29 is 31.9 Å². The van der Waals surface area contributed by atoms with Crippen LogP contribution in [0.5, 0.6) is 0 Å². The highest BCUT2D eigenvalue weighted by Gasteiger charge is 2.38. The summed E-state index contributed by atoms with van der Waals surface area (Å²) in [5.74, 6) is -1.65. The Balaban J connectivity index is 2.09. The number of halogens is 5. The summed E-state index contributed by atoms with van der Waals surface area (Å²) in [5.41, 5.74) is -5.63. The third-order valence-electron chi connectivity index (χ3n) is 4.70. The Kier molecular flexibility index (Phi) is 5.94. The number of oxime groups is 1. The number of rotatable bonds is 4. The summed E-state index contributed by atoms with van der Waals surface area (Å²) in [5, 5.41) is 3.73. The summed E-state index contributed by atoms with van der Waals surface area (Å²) < 4.78 is 59.2. The molecular formula is C19H16ClF4N3O5. The van der Waals surface area contributed by atoms with Gasteiger partial charge in [-0.25, -0.2) is 13.8 Å². The van der Waals surface area contributed by atoms with E-state index in [0.29, 0.717) is 0 Å². The quantitative estimate of drug-likeness (QED) is 0.499. The molecule has 1 unspecified atom stereocenters. The number of benzene rings is 1. The van der Waals surface area contributed by atoms with Crippen molar-refractivity contribution >= 4 is 23.3 Å². The number of esters is 1. The average Bonchev–Trinajstić information content (AvgIpc) is 3.06. The second-order valence-electron chi connectivity index (χ2n) is 7.36. The largest absolute Gasteiger partial charge is 0.461 e. The van der Waals surface area contributed by atoms with Gasteiger partial charge in [0, 0.05) is 32.0 Å². The van der Waals surface area contributed by atoms with Crippen molar-refractivity contribution in [2.75, 3.05) is 6.61 Å². The lowest BCUT2D eigenvalue weighted by Crippen LogP contribution is -2.41. The maximum Gasteiger partial charge on any atom is 0.431 e. The molecule has 0 saturated heterocycles. The summed E-state index contributed by atoms with van der Waals surface area (Å²) in [4.78, 5) is 41.2. The Morgan fingerprint density at radius 3 is 2.56 bits per heavy atom. The van der Waals surface area contributed by atoms with Crippen LogP contribution >= 0.6 is 11.6 Å². The third-order valence-corrected chi connectivity index (χ3v) is 5.01. The number of carbonyl (C=O) groups is 1. The van der Waals surface area contributed by atoms with Gasteiger partial charge < -0.3 is 9.57 Å². The predicted molar refractivity (Wildman–Crippen MR) is 105 cm³/mol. The van der Waals surface area contributed by atoms with Crippen LogP contribution in [-0.4, -0.2) is 33.0 Å². The van der Waals surface area contributed by atoms with E-state index >= 15 is 0 Å². The first kappa shape index (κ1) is 23.5. The molecule has 1 atom stereocenters. The smallest absolute Gasteiger partial charge is 0.431 e. The summed E-state index contributed by atoms with van der Waals surface area (Å²) in [7, 11) is 0.811. The molecule has 0 aliphatic carbocycles. The van der Waals surface area contributed by atoms with Crippen molar-refractivity contribution in [2.24, 2.45) is 12.2 Å². The zero-order valence-electron chi connectivity index (χ0n) is 16.9. The van der Waals surface area contributed by atoms with E-state index in [2.05, 4.69) is 5.16 Å². The molecule has 13 heteroatoms. The fourth-order valence-corrected chi connectivity index (χ4v) is 3.37. The number of nitrogens with zero attached hydrogens (tertiary/aromatic N) is 3. The van der Waals surface area contributed by atoms with Gasteiger partial charge in [-0.1, -0.05) is 16.8 Å². The molecule has 2 heterocycles. The summed E-state index contributed by atoms with van der Waals surface area (Å²) in [6.45, 7) is 2.67. The standard InChI is InChI=1S/C19H16ClF4N3O5/c1-9(28)31-8-18(2)7-13(25-32-18)10-4-14(12(21)5-11(10)20)27-16(29)6-15(19(22,23)24)26(3)17(27)30/h4-6H,7-8H2,1-3H3. The van der Waals surface area contributed by atoms with Gasteiger partial charge in [-0.2, -0.15) is 13.2 Å². The maximum absolute atomic E-state index is 14.6. The molecule has 3 rings (SSSR count). The van der Waals surface area contributed by atoms with Gasteiger partial charge in [0.05, 0.1) is 16.4 Å². The van der Waals surface area contributed by atoms with Crippen LogP contribution in [0.2, 0.25) is 5.02 Å². The molecule has 0 fully saturated rings. The first-order chi connectivity index (χ1) is 14.7. The monoisotopic (exact) mass is 477 g/mol. The highest BCUT2D eigenvalue weighted by molar-refractivity contribution is 6.34. The summed E-state index contributed by atoms with van der Waals surface area (Å²) >= 11 is 6.10. The summed E-state index contributed by atoms with van der Waals surface area (Å²) in [6, 6.07) is 2.02. The minimum absolute atomic E-state index is 0.0744. The van der Waals surface area contributed by atoms with Gasteiger partial charge >= 0.3 is 17.8 Å². The van der Waals surface area contributed by atoms with Gasteiger partial charge in [0.15, 0.2) is 5.60 Å². The second-order valence-corrected chi connectivity index (χ2v) is 7.77. The Hall–Kier alpha value is -3.15. The molecule has 0 spiro atoms. The highest BCUT2D eigenvalue weighted by atomic mass is 35.5. The SMILES string of the molecule is CC(=O)OCC1(C)CC(c2cc(-n3c(=O)cc(C(F)(F)F)n(C)c3=O)c(F)cc2Cl)=NO1. The Morgan fingerprint density at radius 1 is 1.31 bits per heavy atom. The van der Waals surface area contributed by atoms with E-state index in [1.165, 1.54) is 6.92 Å². The Morgan fingerprint density at radius 2 is 1.97 bits per heavy atom. The predicted octanol–water partition coefficient (Wildman–Crippen LogP) is 2.79. The van der Waals surface area contributed by atoms with Crippen molar-refractivity contribution in [3.63, 3.8) is 0 Å². The van der Waals surface area contributed by atoms with Crippen molar-refractivity contribution in [1.29, 1.82) is 0 Å². The number of aromatic nitrogens is 2. The lowest BCUT2D eigenvalue weighted by atomic mass is 9.96. The van der Waals surface area contributed by atoms with E-state index in [4.69, 9.17) is 21.2 Å². The van der Waals surface area contributed by atoms with Gasteiger partial charge in [0.1, 0.15) is 18.1 Å². The van der Waals surface area contributed by atoms with E-state index in [1.807, 2.05) is 0 Å². The molecule has 2 aromatic rings. The van der Waals surface area contributed by atoms with E-state index < -0.39 is 46.2 Å². The van der Waals surface area contributed by atoms with Crippen LogP contribution in [0.3, 0.4) is 0 Å². The molecule has 0 saturated carbocycles. The van der Waals surface area contributed by atoms with Gasteiger partial charge in [0.25, 0.3) is 5.56 Å². The van der Waals surface area contributed by atoms with Gasteiger partial charge in [-0.3, -0.25) is 14.2 Å². The zero-order valence-corrected chi connectivity index (χ0v) is 17.7. The topological polar surface area (TPSA) is 91.9 Å². The minimum Gasteiger partial charge on any atom is -0.461 e. The molecule has 172 valence electrons.